The van der Waals surface area contributed by atoms with Gasteiger partial charge in [-0.3, -0.25) is 9.59 Å². The number of rotatable bonds is 8. The molecule has 1 N–H and O–H groups in total. The first-order chi connectivity index (χ1) is 22.1. The number of imide groups is 1. The van der Waals surface area contributed by atoms with Crippen LogP contribution < -0.4 is 10.4 Å². The number of carboxylic acids is 1. The monoisotopic (exact) mass is 637 g/mol. The van der Waals surface area contributed by atoms with E-state index in [1.54, 1.807) is 0 Å². The Morgan fingerprint density at radius 1 is 0.891 bits per heavy atom. The Morgan fingerprint density at radius 3 is 2.04 bits per heavy atom. The average Bonchev–Trinajstić information content (AvgIpc) is 3.34. The number of carbonyl (C=O) groups is 3. The van der Waals surface area contributed by atoms with Crippen LogP contribution in [-0.4, -0.2) is 48.9 Å². The number of ether oxygens (including phenoxy) is 1. The highest BCUT2D eigenvalue weighted by Crippen LogP contribution is 2.51. The van der Waals surface area contributed by atoms with Crippen molar-refractivity contribution < 1.29 is 28.7 Å². The van der Waals surface area contributed by atoms with E-state index in [1.165, 1.54) is 4.90 Å². The third-order valence-corrected chi connectivity index (χ3v) is 15.2. The number of fused-ring (bicyclic) bond motifs is 2. The average molecular weight is 638 g/mol. The number of likely N-dealkylation sites (tertiary alicyclic amines) is 1. The lowest BCUT2D eigenvalue weighted by Crippen LogP contribution is -2.67. The van der Waals surface area contributed by atoms with Gasteiger partial charge in [0.1, 0.15) is 6.61 Å². The van der Waals surface area contributed by atoms with E-state index in [9.17, 15) is 19.5 Å². The number of amides is 2. The molecule has 0 bridgehead atoms. The fourth-order valence-corrected chi connectivity index (χ4v) is 12.8. The zero-order valence-corrected chi connectivity index (χ0v) is 27.8. The minimum atomic E-state index is -3.03. The van der Waals surface area contributed by atoms with E-state index in [2.05, 4.69) is 51.1 Å². The van der Waals surface area contributed by atoms with Crippen LogP contribution in [0.2, 0.25) is 5.04 Å². The van der Waals surface area contributed by atoms with Crippen LogP contribution in [0.4, 0.5) is 4.79 Å². The molecule has 3 aromatic rings. The van der Waals surface area contributed by atoms with Crippen LogP contribution in [0.3, 0.4) is 0 Å². The number of carboxylic acid groups (broad SMARTS) is 1. The maximum atomic E-state index is 14.3. The fourth-order valence-electron chi connectivity index (χ4n) is 8.18. The van der Waals surface area contributed by atoms with Crippen molar-refractivity contribution in [1.29, 1.82) is 0 Å². The summed E-state index contributed by atoms with van der Waals surface area (Å²) in [5, 5.41) is 12.4. The van der Waals surface area contributed by atoms with Crippen LogP contribution in [0, 0.1) is 23.7 Å². The van der Waals surface area contributed by atoms with E-state index in [4.69, 9.17) is 9.16 Å². The molecule has 1 aliphatic heterocycles. The maximum Gasteiger partial charge on any atom is 0.417 e. The standard InChI is InChI=1S/C38H43NO6Si/c1-38(2,3)46(28-18-9-5-10-19-28,29-20-11-6-12-21-29)45-25-32-31-23-27-17-13-14-22-30(27)34(36(41)42)33(31)35(40)39(32)37(43)44-24-26-15-7-4-8-16-26/h4-12,15-16,18-21,23,30-34H,13-14,17,22,24-25H2,1-3H3,(H,41,42)/t30-,31+,32-,33-,34+/m1/s1. The molecule has 2 amide bonds. The Kier molecular flexibility index (Phi) is 9.03. The van der Waals surface area contributed by atoms with E-state index in [0.717, 1.165) is 47.2 Å². The number of benzene rings is 3. The number of aliphatic carboxylic acids is 1. The molecule has 0 aromatic heterocycles. The van der Waals surface area contributed by atoms with Crippen LogP contribution in [0.15, 0.2) is 103 Å². The van der Waals surface area contributed by atoms with Crippen molar-refractivity contribution >= 4 is 36.7 Å². The topological polar surface area (TPSA) is 93.1 Å². The molecule has 0 spiro atoms. The Balaban J connectivity index is 1.42. The molecule has 1 saturated heterocycles. The quantitative estimate of drug-likeness (QED) is 0.235. The molecular weight excluding hydrogens is 595 g/mol. The third kappa shape index (κ3) is 5.73. The lowest BCUT2D eigenvalue weighted by Gasteiger charge is -2.44. The maximum absolute atomic E-state index is 14.3. The van der Waals surface area contributed by atoms with Gasteiger partial charge in [-0.2, -0.15) is 0 Å². The van der Waals surface area contributed by atoms with Crippen LogP contribution in [0.5, 0.6) is 0 Å². The first kappa shape index (κ1) is 31.9. The lowest BCUT2D eigenvalue weighted by molar-refractivity contribution is -0.150. The minimum absolute atomic E-state index is 0.00709. The number of nitrogens with zero attached hydrogens (tertiary/aromatic N) is 1. The van der Waals surface area contributed by atoms with Gasteiger partial charge in [-0.25, -0.2) is 9.69 Å². The van der Waals surface area contributed by atoms with E-state index >= 15 is 0 Å². The summed E-state index contributed by atoms with van der Waals surface area (Å²) in [4.78, 5) is 42.3. The molecule has 1 heterocycles. The number of hydrogen-bond acceptors (Lipinski definition) is 5. The second-order valence-electron chi connectivity index (χ2n) is 13.9. The van der Waals surface area contributed by atoms with Crippen molar-refractivity contribution in [2.75, 3.05) is 6.61 Å². The summed E-state index contributed by atoms with van der Waals surface area (Å²) in [5.74, 6) is -3.89. The molecule has 3 aliphatic rings. The van der Waals surface area contributed by atoms with Crippen molar-refractivity contribution in [1.82, 2.24) is 4.90 Å². The molecule has 6 rings (SSSR count). The van der Waals surface area contributed by atoms with Gasteiger partial charge in [0.05, 0.1) is 24.5 Å². The third-order valence-electron chi connectivity index (χ3n) is 10.2. The van der Waals surface area contributed by atoms with Gasteiger partial charge in [0.2, 0.25) is 5.91 Å². The van der Waals surface area contributed by atoms with Gasteiger partial charge < -0.3 is 14.3 Å². The molecule has 7 nitrogen and oxygen atoms in total. The second kappa shape index (κ2) is 13.0. The van der Waals surface area contributed by atoms with E-state index in [-0.39, 0.29) is 24.2 Å². The highest BCUT2D eigenvalue weighted by Gasteiger charge is 2.60. The molecule has 8 heteroatoms. The zero-order valence-electron chi connectivity index (χ0n) is 26.8. The Morgan fingerprint density at radius 2 is 1.48 bits per heavy atom. The molecule has 5 atom stereocenters. The number of allylic oxidation sites excluding steroid dienone is 1. The normalized spacial score (nSPS) is 24.5. The molecule has 0 unspecified atom stereocenters. The summed E-state index contributed by atoms with van der Waals surface area (Å²) >= 11 is 0. The molecule has 2 fully saturated rings. The fraction of sp³-hybridized carbons (Fsp3) is 0.395. The molecule has 3 aromatic carbocycles. The van der Waals surface area contributed by atoms with Crippen molar-refractivity contribution in [3.63, 3.8) is 0 Å². The lowest BCUT2D eigenvalue weighted by atomic mass is 9.63. The summed E-state index contributed by atoms with van der Waals surface area (Å²) in [6, 6.07) is 29.1. The predicted molar refractivity (Wildman–Crippen MR) is 179 cm³/mol. The number of hydrogen-bond donors (Lipinski definition) is 1. The zero-order chi connectivity index (χ0) is 32.5. The van der Waals surface area contributed by atoms with Crippen LogP contribution in [0.1, 0.15) is 52.0 Å². The summed E-state index contributed by atoms with van der Waals surface area (Å²) in [6.45, 7) is 6.63. The number of carbonyl (C=O) groups excluding carboxylic acids is 2. The highest BCUT2D eigenvalue weighted by atomic mass is 28.4. The van der Waals surface area contributed by atoms with Crippen molar-refractivity contribution in [3.8, 4) is 0 Å². The molecule has 46 heavy (non-hydrogen) atoms. The predicted octanol–water partition coefficient (Wildman–Crippen LogP) is 6.17. The van der Waals surface area contributed by atoms with E-state index in [0.29, 0.717) is 0 Å². The molecule has 2 aliphatic carbocycles. The van der Waals surface area contributed by atoms with Gasteiger partial charge in [0.25, 0.3) is 8.32 Å². The first-order valence-corrected chi connectivity index (χ1v) is 18.3. The van der Waals surface area contributed by atoms with Crippen molar-refractivity contribution in [3.05, 3.63) is 108 Å². The van der Waals surface area contributed by atoms with Gasteiger partial charge in [-0.1, -0.05) is 130 Å². The largest absolute Gasteiger partial charge is 0.481 e. The van der Waals surface area contributed by atoms with E-state index < -0.39 is 50.1 Å². The SMILES string of the molecule is CC(C)(C)[Si](OC[C@@H]1[C@@H]2C=C3CCCC[C@H]3[C@H](C(=O)O)[C@@H]2C(=O)N1C(=O)OCc1ccccc1)(c1ccccc1)c1ccccc1. The minimum Gasteiger partial charge on any atom is -0.481 e. The molecule has 1 saturated carbocycles. The smallest absolute Gasteiger partial charge is 0.417 e. The van der Waals surface area contributed by atoms with Gasteiger partial charge in [-0.05, 0) is 46.2 Å². The second-order valence-corrected chi connectivity index (χ2v) is 18.2. The van der Waals surface area contributed by atoms with E-state index in [1.807, 2.05) is 66.7 Å². The van der Waals surface area contributed by atoms with Gasteiger partial charge in [0, 0.05) is 5.92 Å². The summed E-state index contributed by atoms with van der Waals surface area (Å²) in [6.07, 6.45) is 4.83. The molecule has 240 valence electrons. The van der Waals surface area contributed by atoms with Gasteiger partial charge in [-0.15, -0.1) is 0 Å². The summed E-state index contributed by atoms with van der Waals surface area (Å²) in [5.41, 5.74) is 1.90. The van der Waals surface area contributed by atoms with Crippen molar-refractivity contribution in [2.45, 2.75) is 64.1 Å². The summed E-state index contributed by atoms with van der Waals surface area (Å²) in [7, 11) is -3.03. The van der Waals surface area contributed by atoms with Crippen LogP contribution in [-0.2, 0) is 25.4 Å². The van der Waals surface area contributed by atoms with Crippen LogP contribution in [0.25, 0.3) is 0 Å². The first-order valence-electron chi connectivity index (χ1n) is 16.4. The molecule has 0 radical (unpaired) electrons. The Bertz CT molecular complexity index is 1550. The summed E-state index contributed by atoms with van der Waals surface area (Å²) < 4.78 is 13.0. The Labute approximate surface area is 272 Å². The Hall–Kier alpha value is -4.01. The molecular formula is C38H43NO6Si. The van der Waals surface area contributed by atoms with Crippen LogP contribution >= 0.6 is 0 Å². The van der Waals surface area contributed by atoms with Gasteiger partial charge >= 0.3 is 12.1 Å². The van der Waals surface area contributed by atoms with Gasteiger partial charge in [0.15, 0.2) is 0 Å². The van der Waals surface area contributed by atoms with Crippen molar-refractivity contribution in [2.24, 2.45) is 23.7 Å². The highest BCUT2D eigenvalue weighted by molar-refractivity contribution is 6.99.